The topological polar surface area (TPSA) is 59.8 Å². The first-order chi connectivity index (χ1) is 11.7. The number of hydrogen-bond donors (Lipinski definition) is 1. The van der Waals surface area contributed by atoms with Crippen molar-refractivity contribution in [1.82, 2.24) is 14.8 Å². The molecule has 2 aromatic heterocycles. The normalized spacial score (nSPS) is 10.9. The number of nitrogens with zero attached hydrogens (tertiary/aromatic N) is 3. The van der Waals surface area contributed by atoms with E-state index < -0.39 is 0 Å². The number of anilines is 1. The van der Waals surface area contributed by atoms with Gasteiger partial charge in [0.1, 0.15) is 18.3 Å². The SMILES string of the molecule is O=C(Nc1cccc(Cl)c1-n1cncn1)c1cc2ccccc2s1. The van der Waals surface area contributed by atoms with Gasteiger partial charge in [0.05, 0.1) is 15.6 Å². The fourth-order valence-electron chi connectivity index (χ4n) is 2.45. The van der Waals surface area contributed by atoms with Crippen LogP contribution < -0.4 is 5.32 Å². The summed E-state index contributed by atoms with van der Waals surface area (Å²) in [5.74, 6) is -0.181. The van der Waals surface area contributed by atoms with Crippen molar-refractivity contribution in [3.63, 3.8) is 0 Å². The first-order valence-corrected chi connectivity index (χ1v) is 8.35. The second-order valence-corrected chi connectivity index (χ2v) is 6.57. The van der Waals surface area contributed by atoms with Crippen molar-refractivity contribution < 1.29 is 4.79 Å². The lowest BCUT2D eigenvalue weighted by molar-refractivity contribution is 0.103. The second kappa shape index (κ2) is 6.07. The summed E-state index contributed by atoms with van der Waals surface area (Å²) in [6.07, 6.45) is 2.96. The van der Waals surface area contributed by atoms with Gasteiger partial charge in [0.25, 0.3) is 5.91 Å². The van der Waals surface area contributed by atoms with Crippen molar-refractivity contribution >= 4 is 44.6 Å². The van der Waals surface area contributed by atoms with E-state index in [1.54, 1.807) is 18.2 Å². The van der Waals surface area contributed by atoms with E-state index in [-0.39, 0.29) is 5.91 Å². The lowest BCUT2D eigenvalue weighted by Crippen LogP contribution is -2.13. The van der Waals surface area contributed by atoms with Gasteiger partial charge >= 0.3 is 0 Å². The van der Waals surface area contributed by atoms with Crippen LogP contribution in [-0.4, -0.2) is 20.7 Å². The van der Waals surface area contributed by atoms with E-state index in [9.17, 15) is 4.79 Å². The van der Waals surface area contributed by atoms with Crippen molar-refractivity contribution in [2.75, 3.05) is 5.32 Å². The van der Waals surface area contributed by atoms with E-state index in [4.69, 9.17) is 11.6 Å². The smallest absolute Gasteiger partial charge is 0.265 e. The van der Waals surface area contributed by atoms with Crippen molar-refractivity contribution in [3.8, 4) is 5.69 Å². The molecule has 118 valence electrons. The summed E-state index contributed by atoms with van der Waals surface area (Å²) in [5.41, 5.74) is 1.17. The highest BCUT2D eigenvalue weighted by molar-refractivity contribution is 7.20. The average molecular weight is 355 g/mol. The van der Waals surface area contributed by atoms with Crippen molar-refractivity contribution in [2.45, 2.75) is 0 Å². The summed E-state index contributed by atoms with van der Waals surface area (Å²) < 4.78 is 2.60. The minimum atomic E-state index is -0.181. The minimum Gasteiger partial charge on any atom is -0.319 e. The van der Waals surface area contributed by atoms with E-state index in [0.717, 1.165) is 10.1 Å². The van der Waals surface area contributed by atoms with E-state index in [0.29, 0.717) is 21.3 Å². The summed E-state index contributed by atoms with van der Waals surface area (Å²) in [6, 6.07) is 15.1. The molecule has 1 N–H and O–H groups in total. The Hall–Kier alpha value is -2.70. The summed E-state index contributed by atoms with van der Waals surface area (Å²) in [6.45, 7) is 0. The molecule has 0 unspecified atom stereocenters. The van der Waals surface area contributed by atoms with Crippen LogP contribution in [0.25, 0.3) is 15.8 Å². The Labute approximate surface area is 146 Å². The number of nitrogens with one attached hydrogen (secondary N) is 1. The van der Waals surface area contributed by atoms with Crippen LogP contribution in [0.4, 0.5) is 5.69 Å². The molecule has 5 nitrogen and oxygen atoms in total. The van der Waals surface area contributed by atoms with Crippen LogP contribution in [0.3, 0.4) is 0 Å². The van der Waals surface area contributed by atoms with Gasteiger partial charge in [-0.1, -0.05) is 35.9 Å². The van der Waals surface area contributed by atoms with Gasteiger partial charge in [0.2, 0.25) is 0 Å². The maximum atomic E-state index is 12.6. The average Bonchev–Trinajstić information content (AvgIpc) is 3.24. The molecule has 0 aliphatic carbocycles. The maximum Gasteiger partial charge on any atom is 0.265 e. The van der Waals surface area contributed by atoms with E-state index >= 15 is 0 Å². The Morgan fingerprint density at radius 1 is 1.17 bits per heavy atom. The molecule has 0 radical (unpaired) electrons. The second-order valence-electron chi connectivity index (χ2n) is 5.08. The van der Waals surface area contributed by atoms with Gasteiger partial charge in [0.15, 0.2) is 0 Å². The van der Waals surface area contributed by atoms with Crippen LogP contribution >= 0.6 is 22.9 Å². The molecule has 0 fully saturated rings. The molecule has 1 amide bonds. The Bertz CT molecular complexity index is 993. The standard InChI is InChI=1S/C17H11ClN4OS/c18-12-5-3-6-13(16(12)22-10-19-9-20-22)21-17(23)15-8-11-4-1-2-7-14(11)24-15/h1-10H,(H,21,23). The van der Waals surface area contributed by atoms with Crippen molar-refractivity contribution in [1.29, 1.82) is 0 Å². The number of amides is 1. The number of halogens is 1. The first kappa shape index (κ1) is 14.9. The lowest BCUT2D eigenvalue weighted by Gasteiger charge is -2.11. The molecule has 2 heterocycles. The number of carbonyl (C=O) groups excluding carboxylic acids is 1. The van der Waals surface area contributed by atoms with E-state index in [2.05, 4.69) is 15.4 Å². The molecule has 24 heavy (non-hydrogen) atoms. The molecule has 7 heteroatoms. The summed E-state index contributed by atoms with van der Waals surface area (Å²) in [7, 11) is 0. The van der Waals surface area contributed by atoms with Crippen LogP contribution in [0.15, 0.2) is 61.2 Å². The molecule has 4 rings (SSSR count). The van der Waals surface area contributed by atoms with Crippen LogP contribution in [0.5, 0.6) is 0 Å². The highest BCUT2D eigenvalue weighted by Gasteiger charge is 2.15. The molecule has 0 spiro atoms. The van der Waals surface area contributed by atoms with Gasteiger partial charge in [-0.25, -0.2) is 9.67 Å². The molecule has 0 aliphatic rings. The molecule has 0 bridgehead atoms. The van der Waals surface area contributed by atoms with E-state index in [1.807, 2.05) is 30.3 Å². The molecule has 0 saturated carbocycles. The number of thiophene rings is 1. The zero-order valence-corrected chi connectivity index (χ0v) is 13.9. The van der Waals surface area contributed by atoms with Crippen LogP contribution in [-0.2, 0) is 0 Å². The Balaban J connectivity index is 1.70. The summed E-state index contributed by atoms with van der Waals surface area (Å²) in [4.78, 5) is 17.2. The van der Waals surface area contributed by atoms with Crippen LogP contribution in [0.2, 0.25) is 5.02 Å². The largest absolute Gasteiger partial charge is 0.319 e. The fraction of sp³-hybridized carbons (Fsp3) is 0. The molecule has 2 aromatic carbocycles. The molecule has 0 aliphatic heterocycles. The zero-order chi connectivity index (χ0) is 16.5. The molecule has 0 saturated heterocycles. The summed E-state index contributed by atoms with van der Waals surface area (Å²) in [5, 5.41) is 8.54. The number of fused-ring (bicyclic) bond motifs is 1. The number of rotatable bonds is 3. The minimum absolute atomic E-state index is 0.181. The third kappa shape index (κ3) is 2.66. The number of carbonyl (C=O) groups is 1. The first-order valence-electron chi connectivity index (χ1n) is 7.16. The quantitative estimate of drug-likeness (QED) is 0.593. The predicted molar refractivity (Wildman–Crippen MR) is 96.1 cm³/mol. The van der Waals surface area contributed by atoms with Crippen LogP contribution in [0, 0.1) is 0 Å². The third-order valence-corrected chi connectivity index (χ3v) is 4.95. The van der Waals surface area contributed by atoms with E-state index in [1.165, 1.54) is 28.7 Å². The number of hydrogen-bond acceptors (Lipinski definition) is 4. The number of aromatic nitrogens is 3. The molecule has 0 atom stereocenters. The zero-order valence-electron chi connectivity index (χ0n) is 12.3. The molecular weight excluding hydrogens is 344 g/mol. The Morgan fingerprint density at radius 3 is 2.83 bits per heavy atom. The lowest BCUT2D eigenvalue weighted by atomic mass is 10.2. The predicted octanol–water partition coefficient (Wildman–Crippen LogP) is 4.39. The number of para-hydroxylation sites is 1. The highest BCUT2D eigenvalue weighted by Crippen LogP contribution is 2.30. The van der Waals surface area contributed by atoms with Crippen molar-refractivity contribution in [2.24, 2.45) is 0 Å². The highest BCUT2D eigenvalue weighted by atomic mass is 35.5. The molecule has 4 aromatic rings. The number of benzene rings is 2. The molecular formula is C17H11ClN4OS. The van der Waals surface area contributed by atoms with Gasteiger partial charge in [-0.15, -0.1) is 11.3 Å². The summed E-state index contributed by atoms with van der Waals surface area (Å²) >= 11 is 7.73. The fourth-order valence-corrected chi connectivity index (χ4v) is 3.67. The van der Waals surface area contributed by atoms with Gasteiger partial charge in [-0.3, -0.25) is 4.79 Å². The monoisotopic (exact) mass is 354 g/mol. The van der Waals surface area contributed by atoms with Gasteiger partial charge < -0.3 is 5.32 Å². The Morgan fingerprint density at radius 2 is 2.04 bits per heavy atom. The van der Waals surface area contributed by atoms with Gasteiger partial charge in [-0.2, -0.15) is 5.10 Å². The van der Waals surface area contributed by atoms with Crippen molar-refractivity contribution in [3.05, 3.63) is 71.1 Å². The van der Waals surface area contributed by atoms with Gasteiger partial charge in [-0.05, 0) is 29.7 Å². The Kier molecular flexibility index (Phi) is 3.76. The van der Waals surface area contributed by atoms with Gasteiger partial charge in [0, 0.05) is 4.70 Å². The maximum absolute atomic E-state index is 12.6. The third-order valence-electron chi connectivity index (χ3n) is 3.53. The van der Waals surface area contributed by atoms with Crippen LogP contribution in [0.1, 0.15) is 9.67 Å².